The number of aliphatic hydroxyl groups is 1. The Morgan fingerprint density at radius 2 is 2.12 bits per heavy atom. The molecule has 2 fully saturated rings. The molecule has 2 aliphatic rings. The minimum atomic E-state index is -0.434. The lowest BCUT2D eigenvalue weighted by Crippen LogP contribution is -2.40. The Balaban J connectivity index is 1.50. The van der Waals surface area contributed by atoms with E-state index in [1.165, 1.54) is 6.20 Å². The number of rotatable bonds is 3. The topological polar surface area (TPSA) is 108 Å². The van der Waals surface area contributed by atoms with Gasteiger partial charge in [-0.15, -0.1) is 0 Å². The van der Waals surface area contributed by atoms with Gasteiger partial charge in [-0.25, -0.2) is 9.89 Å². The zero-order valence-corrected chi connectivity index (χ0v) is 14.0. The van der Waals surface area contributed by atoms with E-state index in [-0.39, 0.29) is 23.3 Å². The highest BCUT2D eigenvalue weighted by atomic mass is 35.5. The van der Waals surface area contributed by atoms with Crippen LogP contribution in [0.3, 0.4) is 0 Å². The normalized spacial score (nSPS) is 27.1. The van der Waals surface area contributed by atoms with Crippen molar-refractivity contribution < 1.29 is 14.6 Å². The lowest BCUT2D eigenvalue weighted by Gasteiger charge is -2.26. The number of H-pyrrole nitrogens is 1. The molecule has 1 aromatic rings. The first-order valence-electron chi connectivity index (χ1n) is 8.16. The number of amides is 1. The van der Waals surface area contributed by atoms with Gasteiger partial charge < -0.3 is 20.1 Å². The summed E-state index contributed by atoms with van der Waals surface area (Å²) < 4.78 is 5.46. The van der Waals surface area contributed by atoms with Gasteiger partial charge >= 0.3 is 6.09 Å². The molecule has 1 aliphatic heterocycles. The minimum absolute atomic E-state index is 0.0599. The van der Waals surface area contributed by atoms with Gasteiger partial charge in [0.1, 0.15) is 11.1 Å². The molecule has 132 valence electrons. The molecule has 1 saturated heterocycles. The fourth-order valence-electron chi connectivity index (χ4n) is 3.21. The van der Waals surface area contributed by atoms with Crippen LogP contribution in [-0.4, -0.2) is 52.7 Å². The summed E-state index contributed by atoms with van der Waals surface area (Å²) in [6, 6.07) is 0.0599. The van der Waals surface area contributed by atoms with E-state index in [9.17, 15) is 14.7 Å². The van der Waals surface area contributed by atoms with Gasteiger partial charge in [0.15, 0.2) is 0 Å². The molecule has 0 radical (unpaired) electrons. The van der Waals surface area contributed by atoms with Crippen LogP contribution in [0.4, 0.5) is 10.5 Å². The number of ether oxygens (including phenoxy) is 1. The van der Waals surface area contributed by atoms with Gasteiger partial charge in [0, 0.05) is 19.0 Å². The first-order valence-corrected chi connectivity index (χ1v) is 8.54. The van der Waals surface area contributed by atoms with Gasteiger partial charge in [-0.1, -0.05) is 11.6 Å². The summed E-state index contributed by atoms with van der Waals surface area (Å²) in [5, 5.41) is 18.5. The highest BCUT2D eigenvalue weighted by molar-refractivity contribution is 6.33. The quantitative estimate of drug-likeness (QED) is 0.746. The maximum Gasteiger partial charge on any atom is 0.407 e. The summed E-state index contributed by atoms with van der Waals surface area (Å²) in [4.78, 5) is 25.4. The largest absolute Gasteiger partial charge is 0.444 e. The van der Waals surface area contributed by atoms with Crippen LogP contribution >= 0.6 is 11.6 Å². The van der Waals surface area contributed by atoms with E-state index in [2.05, 4.69) is 15.5 Å². The average molecular weight is 357 g/mol. The van der Waals surface area contributed by atoms with Gasteiger partial charge in [0.25, 0.3) is 5.56 Å². The SMILES string of the molecule is O=C(NC1CCC(O)CC1)O[C@@H]1CCN(c2cn[nH]c(=O)c2Cl)C1. The third-order valence-corrected chi connectivity index (χ3v) is 4.92. The molecule has 24 heavy (non-hydrogen) atoms. The number of aromatic amines is 1. The third kappa shape index (κ3) is 3.99. The zero-order valence-electron chi connectivity index (χ0n) is 13.2. The van der Waals surface area contributed by atoms with Crippen molar-refractivity contribution in [2.24, 2.45) is 0 Å². The Morgan fingerprint density at radius 3 is 2.88 bits per heavy atom. The summed E-state index contributed by atoms with van der Waals surface area (Å²) in [6.45, 7) is 1.11. The molecule has 3 N–H and O–H groups in total. The molecule has 1 aromatic heterocycles. The van der Waals surface area contributed by atoms with Gasteiger partial charge in [-0.3, -0.25) is 4.79 Å². The number of carbonyl (C=O) groups is 1. The Morgan fingerprint density at radius 1 is 1.38 bits per heavy atom. The number of hydrogen-bond acceptors (Lipinski definition) is 6. The number of halogens is 1. The van der Waals surface area contributed by atoms with E-state index >= 15 is 0 Å². The summed E-state index contributed by atoms with van der Waals surface area (Å²) >= 11 is 6.00. The molecule has 1 atom stereocenters. The highest BCUT2D eigenvalue weighted by Gasteiger charge is 2.29. The van der Waals surface area contributed by atoms with Crippen molar-refractivity contribution in [3.8, 4) is 0 Å². The highest BCUT2D eigenvalue weighted by Crippen LogP contribution is 2.26. The number of hydrogen-bond donors (Lipinski definition) is 3. The summed E-state index contributed by atoms with van der Waals surface area (Å²) in [7, 11) is 0. The second-order valence-corrected chi connectivity index (χ2v) is 6.69. The van der Waals surface area contributed by atoms with Crippen molar-refractivity contribution in [1.29, 1.82) is 0 Å². The first-order chi connectivity index (χ1) is 11.5. The van der Waals surface area contributed by atoms with E-state index in [1.807, 2.05) is 4.90 Å². The van der Waals surface area contributed by atoms with Gasteiger partial charge in [-0.05, 0) is 25.7 Å². The third-order valence-electron chi connectivity index (χ3n) is 4.56. The number of nitrogens with zero attached hydrogens (tertiary/aromatic N) is 2. The Bertz CT molecular complexity index is 645. The van der Waals surface area contributed by atoms with E-state index in [1.54, 1.807) is 0 Å². The maximum atomic E-state index is 12.0. The number of alkyl carbamates (subject to hydrolysis) is 1. The number of nitrogens with one attached hydrogen (secondary N) is 2. The van der Waals surface area contributed by atoms with Crippen molar-refractivity contribution in [3.63, 3.8) is 0 Å². The number of aromatic nitrogens is 2. The predicted octanol–water partition coefficient (Wildman–Crippen LogP) is 1.03. The van der Waals surface area contributed by atoms with Crippen molar-refractivity contribution in [1.82, 2.24) is 15.5 Å². The van der Waals surface area contributed by atoms with Gasteiger partial charge in [0.05, 0.1) is 24.5 Å². The smallest absolute Gasteiger partial charge is 0.407 e. The van der Waals surface area contributed by atoms with Crippen molar-refractivity contribution in [3.05, 3.63) is 21.6 Å². The van der Waals surface area contributed by atoms with Crippen LogP contribution in [0, 0.1) is 0 Å². The molecule has 3 rings (SSSR count). The lowest BCUT2D eigenvalue weighted by molar-refractivity contribution is 0.0900. The molecule has 0 bridgehead atoms. The van der Waals surface area contributed by atoms with Crippen LogP contribution in [0.2, 0.25) is 5.02 Å². The fraction of sp³-hybridized carbons (Fsp3) is 0.667. The van der Waals surface area contributed by atoms with E-state index in [0.29, 0.717) is 38.0 Å². The van der Waals surface area contributed by atoms with E-state index < -0.39 is 11.7 Å². The molecule has 0 aromatic carbocycles. The molecule has 1 saturated carbocycles. The second-order valence-electron chi connectivity index (χ2n) is 6.31. The molecule has 9 heteroatoms. The predicted molar refractivity (Wildman–Crippen MR) is 88.4 cm³/mol. The average Bonchev–Trinajstić information content (AvgIpc) is 3.00. The van der Waals surface area contributed by atoms with Crippen LogP contribution in [-0.2, 0) is 4.74 Å². The molecule has 8 nitrogen and oxygen atoms in total. The van der Waals surface area contributed by atoms with Crippen molar-refractivity contribution in [2.75, 3.05) is 18.0 Å². The Kier molecular flexibility index (Phi) is 5.25. The van der Waals surface area contributed by atoms with Crippen LogP contribution in [0.1, 0.15) is 32.1 Å². The monoisotopic (exact) mass is 356 g/mol. The van der Waals surface area contributed by atoms with Crippen LogP contribution < -0.4 is 15.8 Å². The second kappa shape index (κ2) is 7.40. The van der Waals surface area contributed by atoms with Crippen molar-refractivity contribution in [2.45, 2.75) is 50.4 Å². The maximum absolute atomic E-state index is 12.0. The summed E-state index contributed by atoms with van der Waals surface area (Å²) in [5.41, 5.74) is 0.115. The molecule has 2 heterocycles. The molecular formula is C15H21ClN4O4. The van der Waals surface area contributed by atoms with Crippen LogP contribution in [0.5, 0.6) is 0 Å². The minimum Gasteiger partial charge on any atom is -0.444 e. The molecule has 0 spiro atoms. The summed E-state index contributed by atoms with van der Waals surface area (Å²) in [5.74, 6) is 0. The Hall–Kier alpha value is -1.80. The van der Waals surface area contributed by atoms with Gasteiger partial charge in [-0.2, -0.15) is 5.10 Å². The molecule has 1 amide bonds. The number of anilines is 1. The zero-order chi connectivity index (χ0) is 17.1. The van der Waals surface area contributed by atoms with E-state index in [0.717, 1.165) is 12.8 Å². The lowest BCUT2D eigenvalue weighted by atomic mass is 9.93. The number of carbonyl (C=O) groups excluding carboxylic acids is 1. The fourth-order valence-corrected chi connectivity index (χ4v) is 3.42. The standard InChI is InChI=1S/C15H21ClN4O4/c16-13-12(7-17-19-14(13)22)20-6-5-11(8-20)24-15(23)18-9-1-3-10(21)4-2-9/h7,9-11,21H,1-6,8H2,(H,18,23)(H,19,22)/t9?,10?,11-/m1/s1. The van der Waals surface area contributed by atoms with E-state index in [4.69, 9.17) is 16.3 Å². The van der Waals surface area contributed by atoms with Crippen LogP contribution in [0.15, 0.2) is 11.0 Å². The Labute approximate surface area is 144 Å². The molecule has 1 aliphatic carbocycles. The summed E-state index contributed by atoms with van der Waals surface area (Å²) in [6.07, 6.45) is 4.16. The van der Waals surface area contributed by atoms with Gasteiger partial charge in [0.2, 0.25) is 0 Å². The van der Waals surface area contributed by atoms with Crippen molar-refractivity contribution >= 4 is 23.4 Å². The van der Waals surface area contributed by atoms with Crippen LogP contribution in [0.25, 0.3) is 0 Å². The molecule has 0 unspecified atom stereocenters. The first kappa shape index (κ1) is 17.0. The molecular weight excluding hydrogens is 336 g/mol. The number of aliphatic hydroxyl groups excluding tert-OH is 1.